The highest BCUT2D eigenvalue weighted by Crippen LogP contribution is 2.27. The molecule has 1 saturated heterocycles. The number of hydrogen-bond acceptors (Lipinski definition) is 5. The van der Waals surface area contributed by atoms with Gasteiger partial charge < -0.3 is 15.0 Å². The van der Waals surface area contributed by atoms with E-state index in [1.807, 2.05) is 6.07 Å². The third-order valence-electron chi connectivity index (χ3n) is 3.40. The van der Waals surface area contributed by atoms with Crippen LogP contribution in [0.4, 0.5) is 5.82 Å². The first-order chi connectivity index (χ1) is 11.1. The van der Waals surface area contributed by atoms with E-state index in [2.05, 4.69) is 15.5 Å². The molecule has 0 unspecified atom stereocenters. The average molecular weight is 353 g/mol. The summed E-state index contributed by atoms with van der Waals surface area (Å²) in [6, 6.07) is 8.70. The van der Waals surface area contributed by atoms with E-state index in [0.29, 0.717) is 34.7 Å². The number of amides is 1. The first-order valence-electron chi connectivity index (χ1n) is 7.01. The van der Waals surface area contributed by atoms with E-state index in [-0.39, 0.29) is 18.6 Å². The number of rotatable bonds is 5. The second-order valence-electron chi connectivity index (χ2n) is 5.11. The van der Waals surface area contributed by atoms with Crippen LogP contribution in [-0.4, -0.2) is 46.7 Å². The normalized spacial score (nSPS) is 14.3. The van der Waals surface area contributed by atoms with Crippen molar-refractivity contribution < 1.29 is 9.53 Å². The van der Waals surface area contributed by atoms with Gasteiger partial charge in [0, 0.05) is 24.3 Å². The molecule has 1 aliphatic rings. The molecule has 23 heavy (non-hydrogen) atoms. The summed E-state index contributed by atoms with van der Waals surface area (Å²) < 4.78 is 5.44. The summed E-state index contributed by atoms with van der Waals surface area (Å²) in [5.74, 6) is 1.06. The van der Waals surface area contributed by atoms with Crippen LogP contribution in [-0.2, 0) is 4.79 Å². The smallest absolute Gasteiger partial charge is 0.260 e. The van der Waals surface area contributed by atoms with E-state index in [9.17, 15) is 4.79 Å². The second-order valence-corrected chi connectivity index (χ2v) is 5.96. The molecule has 3 rings (SSSR count). The van der Waals surface area contributed by atoms with Gasteiger partial charge in [0.15, 0.2) is 6.61 Å². The number of nitrogens with one attached hydrogen (secondary N) is 1. The third kappa shape index (κ3) is 4.03. The Labute approximate surface area is 143 Å². The van der Waals surface area contributed by atoms with Crippen LogP contribution in [0.5, 0.6) is 5.75 Å². The van der Waals surface area contributed by atoms with E-state index in [1.54, 1.807) is 35.4 Å². The Kier molecular flexibility index (Phi) is 4.83. The molecule has 0 bridgehead atoms. The number of anilines is 1. The van der Waals surface area contributed by atoms with Crippen LogP contribution in [0.2, 0.25) is 10.0 Å². The maximum atomic E-state index is 12.1. The summed E-state index contributed by atoms with van der Waals surface area (Å²) in [6.45, 7) is 1.15. The Balaban J connectivity index is 1.44. The first kappa shape index (κ1) is 15.8. The van der Waals surface area contributed by atoms with Gasteiger partial charge in [0.05, 0.1) is 11.1 Å². The van der Waals surface area contributed by atoms with E-state index >= 15 is 0 Å². The number of benzene rings is 1. The quantitative estimate of drug-likeness (QED) is 0.895. The van der Waals surface area contributed by atoms with E-state index < -0.39 is 0 Å². The van der Waals surface area contributed by atoms with Gasteiger partial charge in [0.1, 0.15) is 11.6 Å². The molecule has 0 saturated carbocycles. The fraction of sp³-hybridized carbons (Fsp3) is 0.267. The molecule has 8 heteroatoms. The molecular formula is C15H14Cl2N4O2. The van der Waals surface area contributed by atoms with Gasteiger partial charge in [0.25, 0.3) is 5.91 Å². The summed E-state index contributed by atoms with van der Waals surface area (Å²) in [4.78, 5) is 13.8. The number of likely N-dealkylation sites (tertiary alicyclic amines) is 1. The lowest BCUT2D eigenvalue weighted by Gasteiger charge is -2.39. The molecule has 1 fully saturated rings. The monoisotopic (exact) mass is 352 g/mol. The maximum absolute atomic E-state index is 12.1. The minimum atomic E-state index is -0.0896. The lowest BCUT2D eigenvalue weighted by atomic mass is 10.1. The predicted octanol–water partition coefficient (Wildman–Crippen LogP) is 2.49. The van der Waals surface area contributed by atoms with Crippen molar-refractivity contribution in [1.29, 1.82) is 0 Å². The number of nitrogens with zero attached hydrogens (tertiary/aromatic N) is 3. The lowest BCUT2D eigenvalue weighted by Crippen LogP contribution is -2.58. The molecule has 0 radical (unpaired) electrons. The molecule has 6 nitrogen and oxygen atoms in total. The number of halogens is 2. The number of ether oxygens (including phenoxy) is 1. The van der Waals surface area contributed by atoms with E-state index in [1.165, 1.54) is 0 Å². The van der Waals surface area contributed by atoms with E-state index in [4.69, 9.17) is 27.9 Å². The predicted molar refractivity (Wildman–Crippen MR) is 88.0 cm³/mol. The van der Waals surface area contributed by atoms with Gasteiger partial charge in [-0.05, 0) is 30.3 Å². The van der Waals surface area contributed by atoms with Crippen molar-refractivity contribution in [3.05, 3.63) is 46.6 Å². The SMILES string of the molecule is O=C(COc1ccc(Cl)cc1Cl)N1CC(Nc2cccnn2)C1. The van der Waals surface area contributed by atoms with Gasteiger partial charge in [0.2, 0.25) is 0 Å². The molecule has 2 aromatic rings. The molecule has 1 N–H and O–H groups in total. The Morgan fingerprint density at radius 2 is 2.17 bits per heavy atom. The Bertz CT molecular complexity index is 693. The van der Waals surface area contributed by atoms with Crippen molar-refractivity contribution in [1.82, 2.24) is 15.1 Å². The van der Waals surface area contributed by atoms with E-state index in [0.717, 1.165) is 0 Å². The summed E-state index contributed by atoms with van der Waals surface area (Å²) in [7, 11) is 0. The van der Waals surface area contributed by atoms with Gasteiger partial charge >= 0.3 is 0 Å². The Morgan fingerprint density at radius 1 is 1.35 bits per heavy atom. The van der Waals surface area contributed by atoms with Crippen LogP contribution in [0.1, 0.15) is 0 Å². The molecule has 0 atom stereocenters. The summed E-state index contributed by atoms with van der Waals surface area (Å²) in [6.07, 6.45) is 1.61. The van der Waals surface area contributed by atoms with Crippen molar-refractivity contribution in [2.75, 3.05) is 25.0 Å². The van der Waals surface area contributed by atoms with Gasteiger partial charge in [-0.25, -0.2) is 0 Å². The highest BCUT2D eigenvalue weighted by molar-refractivity contribution is 6.35. The third-order valence-corrected chi connectivity index (χ3v) is 3.93. The Hall–Kier alpha value is -2.05. The second kappa shape index (κ2) is 7.02. The highest BCUT2D eigenvalue weighted by Gasteiger charge is 2.30. The topological polar surface area (TPSA) is 67.3 Å². The van der Waals surface area contributed by atoms with Crippen LogP contribution in [0.15, 0.2) is 36.5 Å². The zero-order valence-corrected chi connectivity index (χ0v) is 13.6. The van der Waals surface area contributed by atoms with Crippen molar-refractivity contribution in [2.24, 2.45) is 0 Å². The van der Waals surface area contributed by atoms with Gasteiger partial charge in [-0.2, -0.15) is 5.10 Å². The summed E-state index contributed by atoms with van der Waals surface area (Å²) >= 11 is 11.8. The van der Waals surface area contributed by atoms with Gasteiger partial charge in [-0.15, -0.1) is 5.10 Å². The largest absolute Gasteiger partial charge is 0.482 e. The maximum Gasteiger partial charge on any atom is 0.260 e. The molecule has 0 spiro atoms. The fourth-order valence-corrected chi connectivity index (χ4v) is 2.65. The highest BCUT2D eigenvalue weighted by atomic mass is 35.5. The van der Waals surface area contributed by atoms with Crippen LogP contribution >= 0.6 is 23.2 Å². The summed E-state index contributed by atoms with van der Waals surface area (Å²) in [5, 5.41) is 11.9. The molecular weight excluding hydrogens is 339 g/mol. The zero-order valence-electron chi connectivity index (χ0n) is 12.1. The van der Waals surface area contributed by atoms with Crippen LogP contribution in [0, 0.1) is 0 Å². The molecule has 1 aromatic carbocycles. The average Bonchev–Trinajstić information content (AvgIpc) is 2.50. The molecule has 1 amide bonds. The van der Waals surface area contributed by atoms with Crippen molar-refractivity contribution in [3.8, 4) is 5.75 Å². The standard InChI is InChI=1S/C15H14Cl2N4O2/c16-10-3-4-13(12(17)6-10)23-9-15(22)21-7-11(8-21)19-14-2-1-5-18-20-14/h1-6,11H,7-9H2,(H,19,20). The summed E-state index contributed by atoms with van der Waals surface area (Å²) in [5.41, 5.74) is 0. The number of hydrogen-bond donors (Lipinski definition) is 1. The lowest BCUT2D eigenvalue weighted by molar-refractivity contribution is -0.137. The Morgan fingerprint density at radius 3 is 2.87 bits per heavy atom. The van der Waals surface area contributed by atoms with Crippen LogP contribution in [0.25, 0.3) is 0 Å². The minimum absolute atomic E-state index is 0.0563. The molecule has 0 aliphatic carbocycles. The van der Waals surface area contributed by atoms with Gasteiger partial charge in [-0.1, -0.05) is 23.2 Å². The molecule has 1 aromatic heterocycles. The number of carbonyl (C=O) groups is 1. The number of aromatic nitrogens is 2. The van der Waals surface area contributed by atoms with Crippen molar-refractivity contribution in [3.63, 3.8) is 0 Å². The number of carbonyl (C=O) groups excluding carboxylic acids is 1. The van der Waals surface area contributed by atoms with Gasteiger partial charge in [-0.3, -0.25) is 4.79 Å². The fourth-order valence-electron chi connectivity index (χ4n) is 2.18. The molecule has 1 aliphatic heterocycles. The first-order valence-corrected chi connectivity index (χ1v) is 7.77. The van der Waals surface area contributed by atoms with Crippen LogP contribution in [0.3, 0.4) is 0 Å². The molecule has 2 heterocycles. The van der Waals surface area contributed by atoms with Crippen molar-refractivity contribution in [2.45, 2.75) is 6.04 Å². The minimum Gasteiger partial charge on any atom is -0.482 e. The zero-order chi connectivity index (χ0) is 16.2. The molecule has 120 valence electrons. The van der Waals surface area contributed by atoms with Crippen molar-refractivity contribution >= 4 is 34.9 Å². The van der Waals surface area contributed by atoms with Crippen LogP contribution < -0.4 is 10.1 Å².